The number of halogens is 1. The van der Waals surface area contributed by atoms with Gasteiger partial charge in [-0.3, -0.25) is 4.79 Å². The summed E-state index contributed by atoms with van der Waals surface area (Å²) >= 11 is 3.41. The summed E-state index contributed by atoms with van der Waals surface area (Å²) in [5.41, 5.74) is 2.74. The van der Waals surface area contributed by atoms with Crippen LogP contribution in [0, 0.1) is 6.92 Å². The van der Waals surface area contributed by atoms with Crippen LogP contribution in [0.2, 0.25) is 0 Å². The highest BCUT2D eigenvalue weighted by molar-refractivity contribution is 9.08. The minimum Gasteiger partial charge on any atom is -0.359 e. The summed E-state index contributed by atoms with van der Waals surface area (Å²) in [6.07, 6.45) is 1.93. The molecular formula is C16H17BrN2O2. The topological polar surface area (TPSA) is 46.3 Å². The van der Waals surface area contributed by atoms with E-state index in [0.717, 1.165) is 47.3 Å². The summed E-state index contributed by atoms with van der Waals surface area (Å²) in [6.45, 7) is 2.66. The predicted molar refractivity (Wildman–Crippen MR) is 83.3 cm³/mol. The molecule has 0 N–H and O–H groups in total. The first-order valence-electron chi connectivity index (χ1n) is 7.08. The molecule has 4 nitrogen and oxygen atoms in total. The first-order chi connectivity index (χ1) is 10.2. The van der Waals surface area contributed by atoms with Crippen LogP contribution in [0.3, 0.4) is 0 Å². The Bertz CT molecular complexity index is 636. The van der Waals surface area contributed by atoms with Crippen LogP contribution in [-0.2, 0) is 5.33 Å². The Morgan fingerprint density at radius 1 is 1.43 bits per heavy atom. The maximum atomic E-state index is 12.7. The van der Waals surface area contributed by atoms with E-state index in [2.05, 4.69) is 21.1 Å². The van der Waals surface area contributed by atoms with Gasteiger partial charge in [-0.15, -0.1) is 0 Å². The molecule has 0 spiro atoms. The van der Waals surface area contributed by atoms with E-state index in [1.807, 2.05) is 42.2 Å². The smallest absolute Gasteiger partial charge is 0.254 e. The zero-order valence-corrected chi connectivity index (χ0v) is 13.5. The maximum absolute atomic E-state index is 12.7. The number of carbonyl (C=O) groups is 1. The van der Waals surface area contributed by atoms with Crippen molar-refractivity contribution in [3.63, 3.8) is 0 Å². The van der Waals surface area contributed by atoms with Gasteiger partial charge < -0.3 is 9.42 Å². The molecule has 1 aromatic heterocycles. The number of hydrogen-bond donors (Lipinski definition) is 0. The highest BCUT2D eigenvalue weighted by Gasteiger charge is 2.33. The lowest BCUT2D eigenvalue weighted by molar-refractivity contribution is 0.0714. The van der Waals surface area contributed by atoms with Crippen molar-refractivity contribution >= 4 is 21.8 Å². The second-order valence-corrected chi connectivity index (χ2v) is 5.92. The van der Waals surface area contributed by atoms with Crippen molar-refractivity contribution in [1.29, 1.82) is 0 Å². The molecule has 1 aromatic carbocycles. The Balaban J connectivity index is 1.82. The number of aromatic nitrogens is 1. The van der Waals surface area contributed by atoms with Crippen LogP contribution < -0.4 is 0 Å². The van der Waals surface area contributed by atoms with Crippen LogP contribution in [0.4, 0.5) is 0 Å². The minimum absolute atomic E-state index is 0.00884. The first kappa shape index (κ1) is 14.3. The highest BCUT2D eigenvalue weighted by atomic mass is 79.9. The van der Waals surface area contributed by atoms with Gasteiger partial charge in [0.05, 0.1) is 11.7 Å². The van der Waals surface area contributed by atoms with E-state index >= 15 is 0 Å². The molecule has 3 rings (SSSR count). The molecule has 5 heteroatoms. The van der Waals surface area contributed by atoms with Crippen LogP contribution in [0.1, 0.15) is 46.3 Å². The van der Waals surface area contributed by atoms with E-state index in [0.29, 0.717) is 0 Å². The monoisotopic (exact) mass is 348 g/mol. The Labute approximate surface area is 132 Å². The number of aryl methyl sites for hydroxylation is 1. The summed E-state index contributed by atoms with van der Waals surface area (Å²) in [5.74, 6) is 0.850. The largest absolute Gasteiger partial charge is 0.359 e. The van der Waals surface area contributed by atoms with Crippen molar-refractivity contribution in [1.82, 2.24) is 10.1 Å². The van der Waals surface area contributed by atoms with Crippen LogP contribution in [-0.4, -0.2) is 22.5 Å². The van der Waals surface area contributed by atoms with E-state index in [1.165, 1.54) is 0 Å². The Morgan fingerprint density at radius 2 is 2.19 bits per heavy atom. The number of nitrogens with zero attached hydrogens (tertiary/aromatic N) is 2. The third-order valence-electron chi connectivity index (χ3n) is 3.84. The lowest BCUT2D eigenvalue weighted by atomic mass is 10.1. The lowest BCUT2D eigenvalue weighted by Gasteiger charge is -2.22. The predicted octanol–water partition coefficient (Wildman–Crippen LogP) is 3.86. The summed E-state index contributed by atoms with van der Waals surface area (Å²) in [7, 11) is 0. The van der Waals surface area contributed by atoms with Crippen LogP contribution in [0.15, 0.2) is 34.9 Å². The second kappa shape index (κ2) is 6.02. The SMILES string of the molecule is Cc1cc(C2CCCN2C(=O)c2ccc(CBr)cc2)on1. The maximum Gasteiger partial charge on any atom is 0.254 e. The molecule has 1 aliphatic rings. The number of benzene rings is 1. The Hall–Kier alpha value is -1.62. The zero-order chi connectivity index (χ0) is 14.8. The van der Waals surface area contributed by atoms with Crippen molar-refractivity contribution in [2.75, 3.05) is 6.54 Å². The van der Waals surface area contributed by atoms with Gasteiger partial charge in [0.2, 0.25) is 0 Å². The first-order valence-corrected chi connectivity index (χ1v) is 8.20. The van der Waals surface area contributed by atoms with Crippen molar-refractivity contribution in [2.24, 2.45) is 0 Å². The van der Waals surface area contributed by atoms with E-state index in [9.17, 15) is 4.79 Å². The fourth-order valence-corrected chi connectivity index (χ4v) is 3.12. The number of rotatable bonds is 3. The normalized spacial score (nSPS) is 18.2. The Kier molecular flexibility index (Phi) is 4.10. The second-order valence-electron chi connectivity index (χ2n) is 5.36. The van der Waals surface area contributed by atoms with E-state index < -0.39 is 0 Å². The molecule has 1 saturated heterocycles. The number of hydrogen-bond acceptors (Lipinski definition) is 3. The molecule has 2 heterocycles. The fraction of sp³-hybridized carbons (Fsp3) is 0.375. The highest BCUT2D eigenvalue weighted by Crippen LogP contribution is 2.33. The number of alkyl halides is 1. The van der Waals surface area contributed by atoms with Crippen LogP contribution in [0.25, 0.3) is 0 Å². The minimum atomic E-state index is 0.00884. The molecule has 0 radical (unpaired) electrons. The summed E-state index contributed by atoms with van der Waals surface area (Å²) < 4.78 is 5.35. The molecule has 1 unspecified atom stereocenters. The molecule has 1 fully saturated rings. The van der Waals surface area contributed by atoms with E-state index in [4.69, 9.17) is 4.52 Å². The molecule has 2 aromatic rings. The molecule has 21 heavy (non-hydrogen) atoms. The van der Waals surface area contributed by atoms with Crippen molar-refractivity contribution < 1.29 is 9.32 Å². The van der Waals surface area contributed by atoms with Crippen molar-refractivity contribution in [2.45, 2.75) is 31.1 Å². The standard InChI is InChI=1S/C16H17BrN2O2/c1-11-9-15(21-18-11)14-3-2-8-19(14)16(20)13-6-4-12(10-17)5-7-13/h4-7,9,14H,2-3,8,10H2,1H3. The average Bonchev–Trinajstić information content (AvgIpc) is 3.15. The van der Waals surface area contributed by atoms with Gasteiger partial charge in [-0.2, -0.15) is 0 Å². The molecule has 0 saturated carbocycles. The van der Waals surface area contributed by atoms with Gasteiger partial charge in [0.15, 0.2) is 5.76 Å². The van der Waals surface area contributed by atoms with Gasteiger partial charge in [-0.1, -0.05) is 33.2 Å². The summed E-state index contributed by atoms with van der Waals surface area (Å²) in [6, 6.07) is 9.66. The molecular weight excluding hydrogens is 332 g/mol. The summed E-state index contributed by atoms with van der Waals surface area (Å²) in [5, 5.41) is 4.73. The van der Waals surface area contributed by atoms with Gasteiger partial charge in [0, 0.05) is 23.5 Å². The van der Waals surface area contributed by atoms with Crippen LogP contribution in [0.5, 0.6) is 0 Å². The molecule has 1 amide bonds. The fourth-order valence-electron chi connectivity index (χ4n) is 2.75. The van der Waals surface area contributed by atoms with Crippen LogP contribution >= 0.6 is 15.9 Å². The van der Waals surface area contributed by atoms with E-state index in [-0.39, 0.29) is 11.9 Å². The van der Waals surface area contributed by atoms with Crippen molar-refractivity contribution in [3.05, 3.63) is 52.9 Å². The molecule has 0 bridgehead atoms. The van der Waals surface area contributed by atoms with Crippen molar-refractivity contribution in [3.8, 4) is 0 Å². The number of amides is 1. The summed E-state index contributed by atoms with van der Waals surface area (Å²) in [4.78, 5) is 14.6. The third-order valence-corrected chi connectivity index (χ3v) is 4.49. The van der Waals surface area contributed by atoms with Gasteiger partial charge in [0.1, 0.15) is 0 Å². The third kappa shape index (κ3) is 2.88. The molecule has 110 valence electrons. The quantitative estimate of drug-likeness (QED) is 0.791. The molecule has 0 aliphatic carbocycles. The number of carbonyl (C=O) groups excluding carboxylic acids is 1. The van der Waals surface area contributed by atoms with Gasteiger partial charge in [0.25, 0.3) is 5.91 Å². The van der Waals surface area contributed by atoms with E-state index in [1.54, 1.807) is 0 Å². The molecule has 1 aliphatic heterocycles. The Morgan fingerprint density at radius 3 is 2.81 bits per heavy atom. The number of likely N-dealkylation sites (tertiary alicyclic amines) is 1. The van der Waals surface area contributed by atoms with Gasteiger partial charge >= 0.3 is 0 Å². The van der Waals surface area contributed by atoms with Gasteiger partial charge in [-0.05, 0) is 37.5 Å². The van der Waals surface area contributed by atoms with Gasteiger partial charge in [-0.25, -0.2) is 0 Å². The lowest BCUT2D eigenvalue weighted by Crippen LogP contribution is -2.30. The zero-order valence-electron chi connectivity index (χ0n) is 11.9. The molecule has 1 atom stereocenters. The average molecular weight is 349 g/mol.